The standard InChI is InChI=1S/C10H21NO4/c1-6(12)9(14)8-3-4-11(5-8)10(15)7(2)13/h6-10,12-15H,3-5H2,1-2H3. The van der Waals surface area contributed by atoms with Crippen LogP contribution in [-0.4, -0.2) is 63.0 Å². The van der Waals surface area contributed by atoms with E-state index in [0.717, 1.165) is 6.42 Å². The van der Waals surface area contributed by atoms with Crippen LogP contribution in [0.3, 0.4) is 0 Å². The highest BCUT2D eigenvalue weighted by molar-refractivity contribution is 4.84. The van der Waals surface area contributed by atoms with Crippen molar-refractivity contribution < 1.29 is 20.4 Å². The summed E-state index contributed by atoms with van der Waals surface area (Å²) < 4.78 is 0. The van der Waals surface area contributed by atoms with Crippen molar-refractivity contribution in [3.05, 3.63) is 0 Å². The van der Waals surface area contributed by atoms with E-state index in [2.05, 4.69) is 0 Å². The van der Waals surface area contributed by atoms with E-state index < -0.39 is 24.5 Å². The number of likely N-dealkylation sites (tertiary alicyclic amines) is 1. The summed E-state index contributed by atoms with van der Waals surface area (Å²) in [5.74, 6) is -0.0293. The van der Waals surface area contributed by atoms with Crippen LogP contribution in [0.4, 0.5) is 0 Å². The van der Waals surface area contributed by atoms with Crippen LogP contribution in [0.25, 0.3) is 0 Å². The van der Waals surface area contributed by atoms with Gasteiger partial charge in [0.1, 0.15) is 6.23 Å². The van der Waals surface area contributed by atoms with Crippen molar-refractivity contribution in [3.8, 4) is 0 Å². The molecule has 90 valence electrons. The molecule has 0 amide bonds. The minimum absolute atomic E-state index is 0.0293. The maximum absolute atomic E-state index is 9.64. The summed E-state index contributed by atoms with van der Waals surface area (Å²) in [5, 5.41) is 37.7. The first-order valence-electron chi connectivity index (χ1n) is 5.39. The molecular weight excluding hydrogens is 198 g/mol. The Balaban J connectivity index is 2.45. The van der Waals surface area contributed by atoms with Crippen LogP contribution in [-0.2, 0) is 0 Å². The fourth-order valence-electron chi connectivity index (χ4n) is 2.03. The van der Waals surface area contributed by atoms with E-state index in [1.165, 1.54) is 6.92 Å². The Hall–Kier alpha value is -0.200. The number of hydrogen-bond acceptors (Lipinski definition) is 5. The molecule has 0 aliphatic carbocycles. The lowest BCUT2D eigenvalue weighted by atomic mass is 9.98. The third-order valence-corrected chi connectivity index (χ3v) is 3.04. The predicted octanol–water partition coefficient (Wildman–Crippen LogP) is -1.25. The number of hydrogen-bond donors (Lipinski definition) is 4. The van der Waals surface area contributed by atoms with Crippen LogP contribution in [0.2, 0.25) is 0 Å². The molecule has 1 heterocycles. The maximum Gasteiger partial charge on any atom is 0.133 e. The summed E-state index contributed by atoms with van der Waals surface area (Å²) in [6, 6.07) is 0. The molecule has 0 aromatic carbocycles. The lowest BCUT2D eigenvalue weighted by molar-refractivity contribution is -0.0722. The van der Waals surface area contributed by atoms with Gasteiger partial charge < -0.3 is 20.4 Å². The molecule has 1 saturated heterocycles. The second-order valence-electron chi connectivity index (χ2n) is 4.43. The van der Waals surface area contributed by atoms with E-state index in [0.29, 0.717) is 13.1 Å². The molecule has 1 aliphatic heterocycles. The van der Waals surface area contributed by atoms with E-state index in [9.17, 15) is 20.4 Å². The molecule has 0 saturated carbocycles. The Bertz CT molecular complexity index is 178. The molecule has 1 rings (SSSR count). The summed E-state index contributed by atoms with van der Waals surface area (Å²) >= 11 is 0. The smallest absolute Gasteiger partial charge is 0.133 e. The number of aliphatic hydroxyl groups excluding tert-OH is 4. The first-order chi connectivity index (χ1) is 6.93. The molecular formula is C10H21NO4. The molecule has 4 N–H and O–H groups in total. The zero-order chi connectivity index (χ0) is 11.6. The summed E-state index contributed by atoms with van der Waals surface area (Å²) in [5.41, 5.74) is 0. The molecule has 1 fully saturated rings. The van der Waals surface area contributed by atoms with E-state index in [1.54, 1.807) is 11.8 Å². The summed E-state index contributed by atoms with van der Waals surface area (Å²) in [6.45, 7) is 4.24. The van der Waals surface area contributed by atoms with Gasteiger partial charge in [-0.3, -0.25) is 4.90 Å². The van der Waals surface area contributed by atoms with Gasteiger partial charge in [-0.05, 0) is 20.3 Å². The number of aliphatic hydroxyl groups is 4. The zero-order valence-electron chi connectivity index (χ0n) is 9.24. The van der Waals surface area contributed by atoms with Gasteiger partial charge in [0.2, 0.25) is 0 Å². The highest BCUT2D eigenvalue weighted by atomic mass is 16.3. The Morgan fingerprint density at radius 2 is 1.67 bits per heavy atom. The number of nitrogens with zero attached hydrogens (tertiary/aromatic N) is 1. The van der Waals surface area contributed by atoms with Gasteiger partial charge in [0.15, 0.2) is 0 Å². The van der Waals surface area contributed by atoms with Crippen molar-refractivity contribution in [1.82, 2.24) is 4.90 Å². The molecule has 15 heavy (non-hydrogen) atoms. The predicted molar refractivity (Wildman–Crippen MR) is 55.1 cm³/mol. The quantitative estimate of drug-likeness (QED) is 0.475. The van der Waals surface area contributed by atoms with E-state index in [-0.39, 0.29) is 5.92 Å². The largest absolute Gasteiger partial charge is 0.391 e. The topological polar surface area (TPSA) is 84.2 Å². The minimum atomic E-state index is -0.879. The van der Waals surface area contributed by atoms with Crippen LogP contribution in [0, 0.1) is 5.92 Å². The first kappa shape index (κ1) is 12.9. The van der Waals surface area contributed by atoms with Crippen molar-refractivity contribution >= 4 is 0 Å². The van der Waals surface area contributed by atoms with Gasteiger partial charge in [-0.2, -0.15) is 0 Å². The van der Waals surface area contributed by atoms with E-state index in [1.807, 2.05) is 0 Å². The molecule has 5 heteroatoms. The van der Waals surface area contributed by atoms with Crippen molar-refractivity contribution in [3.63, 3.8) is 0 Å². The van der Waals surface area contributed by atoms with Crippen LogP contribution in [0.1, 0.15) is 20.3 Å². The van der Waals surface area contributed by atoms with Gasteiger partial charge >= 0.3 is 0 Å². The highest BCUT2D eigenvalue weighted by Crippen LogP contribution is 2.23. The Morgan fingerprint density at radius 3 is 2.13 bits per heavy atom. The zero-order valence-corrected chi connectivity index (χ0v) is 9.24. The Kier molecular flexibility index (Phi) is 4.48. The molecule has 1 aliphatic rings. The van der Waals surface area contributed by atoms with Gasteiger partial charge in [-0.1, -0.05) is 0 Å². The van der Waals surface area contributed by atoms with Gasteiger partial charge in [0.05, 0.1) is 18.3 Å². The van der Waals surface area contributed by atoms with Crippen LogP contribution >= 0.6 is 0 Å². The second-order valence-corrected chi connectivity index (χ2v) is 4.43. The molecule has 0 radical (unpaired) electrons. The Labute approximate surface area is 90.0 Å². The molecule has 5 nitrogen and oxygen atoms in total. The van der Waals surface area contributed by atoms with Gasteiger partial charge in [0.25, 0.3) is 0 Å². The van der Waals surface area contributed by atoms with Gasteiger partial charge in [-0.25, -0.2) is 0 Å². The maximum atomic E-state index is 9.64. The SMILES string of the molecule is CC(O)C(O)C1CCN(C(O)C(C)O)C1. The average Bonchev–Trinajstić information content (AvgIpc) is 2.63. The molecule has 5 unspecified atom stereocenters. The third-order valence-electron chi connectivity index (χ3n) is 3.04. The molecule has 0 aromatic heterocycles. The van der Waals surface area contributed by atoms with Crippen LogP contribution < -0.4 is 0 Å². The highest BCUT2D eigenvalue weighted by Gasteiger charge is 2.34. The van der Waals surface area contributed by atoms with Crippen molar-refractivity contribution in [1.29, 1.82) is 0 Å². The summed E-state index contributed by atoms with van der Waals surface area (Å²) in [6.07, 6.45) is -2.45. The Morgan fingerprint density at radius 1 is 1.07 bits per heavy atom. The lowest BCUT2D eigenvalue weighted by Crippen LogP contribution is -2.42. The normalized spacial score (nSPS) is 31.2. The van der Waals surface area contributed by atoms with Gasteiger partial charge in [-0.15, -0.1) is 0 Å². The molecule has 5 atom stereocenters. The average molecular weight is 219 g/mol. The summed E-state index contributed by atoms with van der Waals surface area (Å²) in [4.78, 5) is 1.72. The fourth-order valence-corrected chi connectivity index (χ4v) is 2.03. The first-order valence-corrected chi connectivity index (χ1v) is 5.39. The van der Waals surface area contributed by atoms with Crippen molar-refractivity contribution in [2.45, 2.75) is 44.8 Å². The monoisotopic (exact) mass is 219 g/mol. The van der Waals surface area contributed by atoms with Crippen LogP contribution in [0.15, 0.2) is 0 Å². The molecule has 0 spiro atoms. The fraction of sp³-hybridized carbons (Fsp3) is 1.00. The molecule has 0 bridgehead atoms. The van der Waals surface area contributed by atoms with Crippen LogP contribution in [0.5, 0.6) is 0 Å². The lowest BCUT2D eigenvalue weighted by Gasteiger charge is -2.26. The van der Waals surface area contributed by atoms with Gasteiger partial charge in [0, 0.05) is 19.0 Å². The van der Waals surface area contributed by atoms with Crippen molar-refractivity contribution in [2.24, 2.45) is 5.92 Å². The number of rotatable bonds is 4. The van der Waals surface area contributed by atoms with E-state index >= 15 is 0 Å². The summed E-state index contributed by atoms with van der Waals surface area (Å²) in [7, 11) is 0. The van der Waals surface area contributed by atoms with Crippen molar-refractivity contribution in [2.75, 3.05) is 13.1 Å². The van der Waals surface area contributed by atoms with E-state index in [4.69, 9.17) is 0 Å². The second kappa shape index (κ2) is 5.23. The minimum Gasteiger partial charge on any atom is -0.391 e. The third kappa shape index (κ3) is 3.12. The molecule has 0 aromatic rings.